The number of carbonyl (C=O) groups is 1. The first-order valence-corrected chi connectivity index (χ1v) is 7.73. The third kappa shape index (κ3) is 2.90. The van der Waals surface area contributed by atoms with Gasteiger partial charge in [-0.05, 0) is 38.3 Å². The van der Waals surface area contributed by atoms with Crippen LogP contribution in [0.4, 0.5) is 0 Å². The molecule has 0 N–H and O–H groups in total. The van der Waals surface area contributed by atoms with E-state index < -0.39 is 0 Å². The van der Waals surface area contributed by atoms with Crippen LogP contribution in [0, 0.1) is 0 Å². The number of carbonyl (C=O) groups excluding carboxylic acids is 1. The molecule has 0 radical (unpaired) electrons. The van der Waals surface area contributed by atoms with Gasteiger partial charge in [-0.2, -0.15) is 5.10 Å². The molecule has 22 heavy (non-hydrogen) atoms. The lowest BCUT2D eigenvalue weighted by atomic mass is 10.0. The molecule has 1 fully saturated rings. The maximum absolute atomic E-state index is 12.2. The van der Waals surface area contributed by atoms with Crippen LogP contribution in [0.25, 0.3) is 11.3 Å². The van der Waals surface area contributed by atoms with E-state index in [4.69, 9.17) is 9.47 Å². The van der Waals surface area contributed by atoms with Crippen LogP contribution in [0.3, 0.4) is 0 Å². The van der Waals surface area contributed by atoms with Crippen molar-refractivity contribution in [3.8, 4) is 11.3 Å². The van der Waals surface area contributed by atoms with Crippen LogP contribution in [-0.2, 0) is 9.47 Å². The molecule has 2 heterocycles. The summed E-state index contributed by atoms with van der Waals surface area (Å²) >= 11 is 0. The summed E-state index contributed by atoms with van der Waals surface area (Å²) in [4.78, 5) is 12.2. The van der Waals surface area contributed by atoms with Crippen molar-refractivity contribution >= 4 is 5.97 Å². The van der Waals surface area contributed by atoms with Crippen LogP contribution in [0.5, 0.6) is 0 Å². The van der Waals surface area contributed by atoms with Gasteiger partial charge in [0.15, 0.2) is 6.23 Å². The zero-order chi connectivity index (χ0) is 15.4. The second kappa shape index (κ2) is 6.75. The average Bonchev–Trinajstić information content (AvgIpc) is 3.05. The van der Waals surface area contributed by atoms with Crippen LogP contribution in [0.1, 0.15) is 42.8 Å². The molecule has 2 aromatic rings. The molecule has 1 unspecified atom stereocenters. The maximum atomic E-state index is 12.2. The van der Waals surface area contributed by atoms with Crippen LogP contribution in [-0.4, -0.2) is 29.0 Å². The molecule has 1 aliphatic rings. The van der Waals surface area contributed by atoms with Gasteiger partial charge in [-0.15, -0.1) is 0 Å². The molecule has 5 heteroatoms. The monoisotopic (exact) mass is 300 g/mol. The first-order chi connectivity index (χ1) is 10.8. The van der Waals surface area contributed by atoms with E-state index in [1.54, 1.807) is 19.2 Å². The summed E-state index contributed by atoms with van der Waals surface area (Å²) in [6.45, 7) is 2.92. The van der Waals surface area contributed by atoms with E-state index >= 15 is 0 Å². The lowest BCUT2D eigenvalue weighted by Crippen LogP contribution is -2.20. The lowest BCUT2D eigenvalue weighted by Gasteiger charge is -2.25. The smallest absolute Gasteiger partial charge is 0.338 e. The van der Waals surface area contributed by atoms with Gasteiger partial charge in [0.05, 0.1) is 17.9 Å². The highest BCUT2D eigenvalue weighted by molar-refractivity contribution is 5.96. The van der Waals surface area contributed by atoms with Gasteiger partial charge in [0.2, 0.25) is 0 Å². The number of esters is 1. The van der Waals surface area contributed by atoms with Crippen molar-refractivity contribution in [3.63, 3.8) is 0 Å². The maximum Gasteiger partial charge on any atom is 0.338 e. The normalized spacial score (nSPS) is 18.1. The molecule has 1 aromatic heterocycles. The third-order valence-electron chi connectivity index (χ3n) is 3.80. The van der Waals surface area contributed by atoms with E-state index in [-0.39, 0.29) is 12.2 Å². The highest BCUT2D eigenvalue weighted by atomic mass is 16.5. The van der Waals surface area contributed by atoms with E-state index in [0.717, 1.165) is 37.1 Å². The van der Waals surface area contributed by atoms with Crippen molar-refractivity contribution < 1.29 is 14.3 Å². The molecule has 0 aliphatic carbocycles. The predicted octanol–water partition coefficient (Wildman–Crippen LogP) is 3.43. The summed E-state index contributed by atoms with van der Waals surface area (Å²) in [6.07, 6.45) is 4.84. The van der Waals surface area contributed by atoms with Crippen LogP contribution < -0.4 is 0 Å². The van der Waals surface area contributed by atoms with Gasteiger partial charge in [-0.3, -0.25) is 0 Å². The van der Waals surface area contributed by atoms with Gasteiger partial charge < -0.3 is 9.47 Å². The van der Waals surface area contributed by atoms with Crippen LogP contribution in [0.2, 0.25) is 0 Å². The second-order valence-corrected chi connectivity index (χ2v) is 5.25. The number of nitrogens with zero attached hydrogens (tertiary/aromatic N) is 2. The summed E-state index contributed by atoms with van der Waals surface area (Å²) in [6, 6.07) is 9.37. The summed E-state index contributed by atoms with van der Waals surface area (Å²) in [5, 5.41) is 4.40. The molecular formula is C17H20N2O3. The molecule has 5 nitrogen and oxygen atoms in total. The quantitative estimate of drug-likeness (QED) is 0.812. The molecule has 1 aromatic carbocycles. The SMILES string of the molecule is CCOC(=O)c1ccccc1-c1ccnn1C1CCCCO1. The zero-order valence-corrected chi connectivity index (χ0v) is 12.7. The summed E-state index contributed by atoms with van der Waals surface area (Å²) in [5.74, 6) is -0.310. The summed E-state index contributed by atoms with van der Waals surface area (Å²) < 4.78 is 12.8. The Morgan fingerprint density at radius 1 is 1.36 bits per heavy atom. The number of rotatable bonds is 4. The molecule has 3 rings (SSSR count). The number of hydrogen-bond donors (Lipinski definition) is 0. The van der Waals surface area contributed by atoms with Crippen molar-refractivity contribution in [2.75, 3.05) is 13.2 Å². The fourth-order valence-corrected chi connectivity index (χ4v) is 2.77. The Bertz CT molecular complexity index is 645. The molecule has 0 saturated carbocycles. The molecule has 116 valence electrons. The van der Waals surface area contributed by atoms with Crippen molar-refractivity contribution in [2.45, 2.75) is 32.4 Å². The summed E-state index contributed by atoms with van der Waals surface area (Å²) in [7, 11) is 0. The predicted molar refractivity (Wildman–Crippen MR) is 82.5 cm³/mol. The van der Waals surface area contributed by atoms with Crippen molar-refractivity contribution in [1.29, 1.82) is 0 Å². The topological polar surface area (TPSA) is 53.3 Å². The first kappa shape index (κ1) is 14.8. The second-order valence-electron chi connectivity index (χ2n) is 5.25. The van der Waals surface area contributed by atoms with Crippen LogP contribution >= 0.6 is 0 Å². The van der Waals surface area contributed by atoms with Gasteiger partial charge >= 0.3 is 5.97 Å². The largest absolute Gasteiger partial charge is 0.462 e. The first-order valence-electron chi connectivity index (χ1n) is 7.73. The molecular weight excluding hydrogens is 280 g/mol. The van der Waals surface area contributed by atoms with Gasteiger partial charge in [-0.1, -0.05) is 18.2 Å². The van der Waals surface area contributed by atoms with E-state index in [1.807, 2.05) is 28.9 Å². The van der Waals surface area contributed by atoms with E-state index in [2.05, 4.69) is 5.10 Å². The minimum Gasteiger partial charge on any atom is -0.462 e. The molecule has 1 atom stereocenters. The number of aromatic nitrogens is 2. The Morgan fingerprint density at radius 3 is 3.00 bits per heavy atom. The molecule has 1 saturated heterocycles. The Kier molecular flexibility index (Phi) is 4.53. The Balaban J connectivity index is 1.98. The molecule has 1 aliphatic heterocycles. The Morgan fingerprint density at radius 2 is 2.23 bits per heavy atom. The van der Waals surface area contributed by atoms with Gasteiger partial charge in [0, 0.05) is 18.4 Å². The Labute approximate surface area is 129 Å². The minimum atomic E-state index is -0.310. The van der Waals surface area contributed by atoms with E-state index in [9.17, 15) is 4.79 Å². The number of benzene rings is 1. The Hall–Kier alpha value is -2.14. The third-order valence-corrected chi connectivity index (χ3v) is 3.80. The standard InChI is InChI=1S/C17H20N2O3/c1-2-21-17(20)14-8-4-3-7-13(14)15-10-11-18-19(15)16-9-5-6-12-22-16/h3-4,7-8,10-11,16H,2,5-6,9,12H2,1H3. The number of hydrogen-bond acceptors (Lipinski definition) is 4. The highest BCUT2D eigenvalue weighted by Gasteiger charge is 2.22. The van der Waals surface area contributed by atoms with Crippen LogP contribution in [0.15, 0.2) is 36.5 Å². The van der Waals surface area contributed by atoms with Gasteiger partial charge in [-0.25, -0.2) is 9.48 Å². The van der Waals surface area contributed by atoms with Gasteiger partial charge in [0.25, 0.3) is 0 Å². The van der Waals surface area contributed by atoms with Gasteiger partial charge in [0.1, 0.15) is 0 Å². The lowest BCUT2D eigenvalue weighted by molar-refractivity contribution is -0.0383. The minimum absolute atomic E-state index is 0.0611. The molecule has 0 amide bonds. The van der Waals surface area contributed by atoms with Crippen molar-refractivity contribution in [1.82, 2.24) is 9.78 Å². The fourth-order valence-electron chi connectivity index (χ4n) is 2.77. The summed E-state index contributed by atoms with van der Waals surface area (Å²) in [5.41, 5.74) is 2.27. The van der Waals surface area contributed by atoms with Crippen molar-refractivity contribution in [3.05, 3.63) is 42.1 Å². The fraction of sp³-hybridized carbons (Fsp3) is 0.412. The van der Waals surface area contributed by atoms with E-state index in [1.165, 1.54) is 0 Å². The average molecular weight is 300 g/mol. The van der Waals surface area contributed by atoms with Crippen molar-refractivity contribution in [2.24, 2.45) is 0 Å². The van der Waals surface area contributed by atoms with E-state index in [0.29, 0.717) is 12.2 Å². The highest BCUT2D eigenvalue weighted by Crippen LogP contribution is 2.30. The number of ether oxygens (including phenoxy) is 2. The molecule has 0 spiro atoms. The molecule has 0 bridgehead atoms. The zero-order valence-electron chi connectivity index (χ0n) is 12.7.